The Morgan fingerprint density at radius 3 is 2.39 bits per heavy atom. The van der Waals surface area contributed by atoms with Crippen molar-refractivity contribution in [2.45, 2.75) is 45.4 Å². The van der Waals surface area contributed by atoms with Gasteiger partial charge in [-0.15, -0.1) is 0 Å². The Hall–Kier alpha value is -1.94. The van der Waals surface area contributed by atoms with Crippen LogP contribution in [-0.4, -0.2) is 67.9 Å². The van der Waals surface area contributed by atoms with Crippen LogP contribution < -0.4 is 0 Å². The summed E-state index contributed by atoms with van der Waals surface area (Å²) in [5.41, 5.74) is 0.338. The zero-order valence-corrected chi connectivity index (χ0v) is 17.9. The molecule has 1 aromatic rings. The Bertz CT molecular complexity index is 792. The molecule has 0 aliphatic carbocycles. The number of hydrogen-bond donors (Lipinski definition) is 0. The summed E-state index contributed by atoms with van der Waals surface area (Å²) in [5, 5.41) is 3.72. The van der Waals surface area contributed by atoms with Crippen molar-refractivity contribution in [1.29, 1.82) is 0 Å². The maximum Gasteiger partial charge on any atom is 0.310 e. The number of sulfonamides is 1. The molecule has 1 aromatic heterocycles. The molecule has 1 unspecified atom stereocenters. The van der Waals surface area contributed by atoms with Crippen molar-refractivity contribution in [2.24, 2.45) is 11.8 Å². The normalized spacial score (nSPS) is 17.3. The van der Waals surface area contributed by atoms with Crippen molar-refractivity contribution >= 4 is 21.9 Å². The molecule has 1 fully saturated rings. The summed E-state index contributed by atoms with van der Waals surface area (Å²) in [6, 6.07) is 0. The molecule has 0 spiro atoms. The second-order valence-corrected chi connectivity index (χ2v) is 9.01. The average Bonchev–Trinajstić information content (AvgIpc) is 3.03. The number of aromatic nitrogens is 1. The first-order chi connectivity index (χ1) is 13.1. The molecule has 28 heavy (non-hydrogen) atoms. The molecule has 1 aliphatic rings. The van der Waals surface area contributed by atoms with E-state index in [0.717, 1.165) is 0 Å². The van der Waals surface area contributed by atoms with E-state index in [1.54, 1.807) is 25.7 Å². The third kappa shape index (κ3) is 4.54. The molecule has 10 heteroatoms. The van der Waals surface area contributed by atoms with Gasteiger partial charge in [0.15, 0.2) is 5.76 Å². The van der Waals surface area contributed by atoms with Gasteiger partial charge in [0.1, 0.15) is 10.6 Å². The molecule has 0 radical (unpaired) electrons. The number of aryl methyl sites for hydroxylation is 2. The summed E-state index contributed by atoms with van der Waals surface area (Å²) in [6.45, 7) is 8.04. The second-order valence-electron chi connectivity index (χ2n) is 7.13. The van der Waals surface area contributed by atoms with Crippen LogP contribution in [0.5, 0.6) is 0 Å². The quantitative estimate of drug-likeness (QED) is 0.618. The smallest absolute Gasteiger partial charge is 0.310 e. The number of rotatable bonds is 7. The average molecular weight is 416 g/mol. The Labute approximate surface area is 166 Å². The molecule has 1 amide bonds. The number of amides is 1. The molecule has 0 aromatic carbocycles. The predicted molar refractivity (Wildman–Crippen MR) is 101 cm³/mol. The van der Waals surface area contributed by atoms with Gasteiger partial charge in [0, 0.05) is 32.1 Å². The summed E-state index contributed by atoms with van der Waals surface area (Å²) in [5.74, 6) is -0.807. The van der Waals surface area contributed by atoms with Gasteiger partial charge >= 0.3 is 5.97 Å². The number of carbonyl (C=O) groups is 2. The van der Waals surface area contributed by atoms with Crippen molar-refractivity contribution < 1.29 is 27.3 Å². The maximum atomic E-state index is 12.9. The van der Waals surface area contributed by atoms with Gasteiger partial charge in [0.2, 0.25) is 15.9 Å². The van der Waals surface area contributed by atoms with Crippen molar-refractivity contribution in [3.63, 3.8) is 0 Å². The predicted octanol–water partition coefficient (Wildman–Crippen LogP) is 1.35. The lowest BCUT2D eigenvalue weighted by molar-refractivity contribution is -0.147. The van der Waals surface area contributed by atoms with E-state index < -0.39 is 15.9 Å². The van der Waals surface area contributed by atoms with E-state index in [1.165, 1.54) is 11.4 Å². The number of carbonyl (C=O) groups excluding carboxylic acids is 2. The molecule has 158 valence electrons. The van der Waals surface area contributed by atoms with Crippen LogP contribution in [0.4, 0.5) is 0 Å². The first-order valence-corrected chi connectivity index (χ1v) is 10.9. The maximum absolute atomic E-state index is 12.9. The van der Waals surface area contributed by atoms with Gasteiger partial charge in [-0.25, -0.2) is 8.42 Å². The highest BCUT2D eigenvalue weighted by atomic mass is 32.2. The Kier molecular flexibility index (Phi) is 7.22. The van der Waals surface area contributed by atoms with Crippen molar-refractivity contribution in [1.82, 2.24) is 14.4 Å². The highest BCUT2D eigenvalue weighted by Crippen LogP contribution is 2.28. The topological polar surface area (TPSA) is 110 Å². The minimum Gasteiger partial charge on any atom is -0.469 e. The zero-order valence-electron chi connectivity index (χ0n) is 17.1. The van der Waals surface area contributed by atoms with Crippen LogP contribution in [-0.2, 0) is 24.3 Å². The highest BCUT2D eigenvalue weighted by molar-refractivity contribution is 7.89. The van der Waals surface area contributed by atoms with Crippen LogP contribution >= 0.6 is 0 Å². The van der Waals surface area contributed by atoms with E-state index in [4.69, 9.17) is 9.26 Å². The SMILES string of the molecule is CCN(CC(C)C(=O)OC)C(=O)C1CCN(S(=O)(=O)c2c(C)noc2C)CC1. The third-order valence-electron chi connectivity index (χ3n) is 5.16. The first-order valence-electron chi connectivity index (χ1n) is 9.43. The molecule has 1 atom stereocenters. The Morgan fingerprint density at radius 1 is 1.32 bits per heavy atom. The lowest BCUT2D eigenvalue weighted by atomic mass is 9.96. The first kappa shape index (κ1) is 22.4. The van der Waals surface area contributed by atoms with Crippen molar-refractivity contribution in [3.8, 4) is 0 Å². The van der Waals surface area contributed by atoms with E-state index in [9.17, 15) is 18.0 Å². The molecule has 0 bridgehead atoms. The fourth-order valence-corrected chi connectivity index (χ4v) is 5.32. The van der Waals surface area contributed by atoms with Gasteiger partial charge in [-0.1, -0.05) is 12.1 Å². The zero-order chi connectivity index (χ0) is 21.1. The molecule has 2 rings (SSSR count). The van der Waals surface area contributed by atoms with Crippen molar-refractivity contribution in [3.05, 3.63) is 11.5 Å². The summed E-state index contributed by atoms with van der Waals surface area (Å²) in [6.07, 6.45) is 0.870. The van der Waals surface area contributed by atoms with E-state index in [0.29, 0.717) is 31.6 Å². The number of hydrogen-bond acceptors (Lipinski definition) is 7. The summed E-state index contributed by atoms with van der Waals surface area (Å²) >= 11 is 0. The van der Waals surface area contributed by atoms with Gasteiger partial charge in [-0.05, 0) is 33.6 Å². The van der Waals surface area contributed by atoms with E-state index in [-0.39, 0.29) is 41.5 Å². The Morgan fingerprint density at radius 2 is 1.93 bits per heavy atom. The van der Waals surface area contributed by atoms with Crippen LogP contribution in [0.1, 0.15) is 38.1 Å². The highest BCUT2D eigenvalue weighted by Gasteiger charge is 2.36. The number of methoxy groups -OCH3 is 1. The monoisotopic (exact) mass is 415 g/mol. The fraction of sp³-hybridized carbons (Fsp3) is 0.722. The number of piperidine rings is 1. The lowest BCUT2D eigenvalue weighted by Gasteiger charge is -2.33. The summed E-state index contributed by atoms with van der Waals surface area (Å²) < 4.78 is 36.9. The molecular formula is C18H29N3O6S. The number of esters is 1. The van der Waals surface area contributed by atoms with Gasteiger partial charge in [-0.3, -0.25) is 9.59 Å². The van der Waals surface area contributed by atoms with Gasteiger partial charge < -0.3 is 14.2 Å². The number of nitrogens with zero attached hydrogens (tertiary/aromatic N) is 3. The minimum atomic E-state index is -3.70. The number of ether oxygens (including phenoxy) is 1. The van der Waals surface area contributed by atoms with Gasteiger partial charge in [0.25, 0.3) is 0 Å². The van der Waals surface area contributed by atoms with E-state index in [1.807, 2.05) is 6.92 Å². The van der Waals surface area contributed by atoms with Crippen LogP contribution in [0.15, 0.2) is 9.42 Å². The second kappa shape index (κ2) is 9.04. The standard InChI is InChI=1S/C18H29N3O6S/c1-6-20(11-12(2)18(23)26-5)17(22)15-7-9-21(10-8-15)28(24,25)16-13(3)19-27-14(16)4/h12,15H,6-11H2,1-5H3. The molecule has 9 nitrogen and oxygen atoms in total. The summed E-state index contributed by atoms with van der Waals surface area (Å²) in [7, 11) is -2.37. The molecule has 0 N–H and O–H groups in total. The molecule has 1 saturated heterocycles. The van der Waals surface area contributed by atoms with Crippen LogP contribution in [0.2, 0.25) is 0 Å². The van der Waals surface area contributed by atoms with E-state index in [2.05, 4.69) is 5.16 Å². The minimum absolute atomic E-state index is 0.0485. The summed E-state index contributed by atoms with van der Waals surface area (Å²) in [4.78, 5) is 26.2. The van der Waals surface area contributed by atoms with E-state index >= 15 is 0 Å². The van der Waals surface area contributed by atoms with Crippen LogP contribution in [0.3, 0.4) is 0 Å². The molecule has 2 heterocycles. The van der Waals surface area contributed by atoms with Crippen LogP contribution in [0, 0.1) is 25.7 Å². The molecular weight excluding hydrogens is 386 g/mol. The van der Waals surface area contributed by atoms with Crippen molar-refractivity contribution in [2.75, 3.05) is 33.3 Å². The Balaban J connectivity index is 2.02. The molecule has 0 saturated carbocycles. The molecule has 1 aliphatic heterocycles. The van der Waals surface area contributed by atoms with Crippen LogP contribution in [0.25, 0.3) is 0 Å². The van der Waals surface area contributed by atoms with Gasteiger partial charge in [0.05, 0.1) is 13.0 Å². The largest absolute Gasteiger partial charge is 0.469 e. The van der Waals surface area contributed by atoms with Gasteiger partial charge in [-0.2, -0.15) is 4.31 Å². The lowest BCUT2D eigenvalue weighted by Crippen LogP contribution is -2.46. The fourth-order valence-electron chi connectivity index (χ4n) is 3.55. The third-order valence-corrected chi connectivity index (χ3v) is 7.30.